The minimum atomic E-state index is -1.03. The van der Waals surface area contributed by atoms with E-state index < -0.39 is 29.8 Å². The topological polar surface area (TPSA) is 94.5 Å². The van der Waals surface area contributed by atoms with Gasteiger partial charge in [-0.05, 0) is 66.9 Å². The highest BCUT2D eigenvalue weighted by Crippen LogP contribution is 2.20. The highest BCUT2D eigenvalue weighted by molar-refractivity contribution is 6.34. The lowest BCUT2D eigenvalue weighted by Crippen LogP contribution is -2.36. The summed E-state index contributed by atoms with van der Waals surface area (Å²) in [6.45, 7) is 2.80. The van der Waals surface area contributed by atoms with Crippen molar-refractivity contribution < 1.29 is 42.4 Å². The number of ether oxygens (including phenoxy) is 4. The Balaban J connectivity index is 1.53. The van der Waals surface area contributed by atoms with Crippen molar-refractivity contribution in [3.63, 3.8) is 0 Å². The third kappa shape index (κ3) is 12.0. The van der Waals surface area contributed by atoms with Gasteiger partial charge >= 0.3 is 12.1 Å². The fourth-order valence-electron chi connectivity index (χ4n) is 4.03. The molecule has 8 nitrogen and oxygen atoms in total. The Labute approximate surface area is 259 Å². The Morgan fingerprint density at radius 1 is 0.907 bits per heavy atom. The van der Waals surface area contributed by atoms with E-state index in [0.29, 0.717) is 35.4 Å². The van der Waals surface area contributed by atoms with Crippen LogP contribution in [0.2, 0.25) is 10.0 Å². The summed E-state index contributed by atoms with van der Waals surface area (Å²) in [5.41, 5.74) is 1.63. The van der Waals surface area contributed by atoms with Crippen LogP contribution < -0.4 is 4.74 Å². The Morgan fingerprint density at radius 2 is 1.63 bits per heavy atom. The van der Waals surface area contributed by atoms with Crippen LogP contribution in [-0.4, -0.2) is 61.1 Å². The van der Waals surface area contributed by atoms with Crippen molar-refractivity contribution in [1.29, 1.82) is 0 Å². The van der Waals surface area contributed by atoms with Crippen LogP contribution in [0, 0.1) is 11.6 Å². The van der Waals surface area contributed by atoms with Gasteiger partial charge in [0, 0.05) is 47.9 Å². The Kier molecular flexibility index (Phi) is 14.0. The van der Waals surface area contributed by atoms with Crippen LogP contribution in [0.15, 0.2) is 60.7 Å². The number of benzene rings is 3. The monoisotopic (exact) mass is 639 g/mol. The van der Waals surface area contributed by atoms with Crippen LogP contribution >= 0.6 is 23.2 Å². The highest BCUT2D eigenvalue weighted by Gasteiger charge is 2.19. The molecule has 12 heteroatoms. The van der Waals surface area contributed by atoms with Crippen LogP contribution in [0.3, 0.4) is 0 Å². The average Bonchev–Trinajstić information content (AvgIpc) is 2.95. The summed E-state index contributed by atoms with van der Waals surface area (Å²) in [4.78, 5) is 25.6. The van der Waals surface area contributed by atoms with Gasteiger partial charge in [-0.1, -0.05) is 35.3 Å². The van der Waals surface area contributed by atoms with E-state index >= 15 is 0 Å². The molecule has 0 heterocycles. The molecule has 0 saturated heterocycles. The number of carbonyl (C=O) groups excluding carboxylic acids is 1. The molecule has 3 aromatic carbocycles. The van der Waals surface area contributed by atoms with Gasteiger partial charge in [-0.2, -0.15) is 0 Å². The quantitative estimate of drug-likeness (QED) is 0.160. The first-order chi connectivity index (χ1) is 20.6. The molecule has 0 radical (unpaired) electrons. The normalized spacial score (nSPS) is 11.7. The second-order valence-electron chi connectivity index (χ2n) is 9.44. The van der Waals surface area contributed by atoms with Crippen molar-refractivity contribution >= 4 is 35.3 Å². The van der Waals surface area contributed by atoms with Gasteiger partial charge in [0.15, 0.2) is 6.10 Å². The minimum absolute atomic E-state index is 0.0454. The fourth-order valence-corrected chi connectivity index (χ4v) is 4.61. The molecule has 1 N–H and O–H groups in total. The third-order valence-electron chi connectivity index (χ3n) is 6.15. The number of hydrogen-bond donors (Lipinski definition) is 1. The molecule has 0 aliphatic heterocycles. The molecule has 43 heavy (non-hydrogen) atoms. The van der Waals surface area contributed by atoms with Crippen LogP contribution in [0.25, 0.3) is 0 Å². The maximum absolute atomic E-state index is 14.0. The molecular formula is C31H33Cl2F2NO7. The number of aliphatic carboxylic acids is 1. The lowest BCUT2D eigenvalue weighted by molar-refractivity contribution is -0.149. The zero-order valence-corrected chi connectivity index (χ0v) is 25.1. The number of carboxylic acid groups (broad SMARTS) is 1. The maximum atomic E-state index is 14.0. The summed E-state index contributed by atoms with van der Waals surface area (Å²) >= 11 is 12.0. The van der Waals surface area contributed by atoms with Gasteiger partial charge in [-0.3, -0.25) is 0 Å². The summed E-state index contributed by atoms with van der Waals surface area (Å²) in [7, 11) is 0. The Bertz CT molecular complexity index is 1320. The standard InChI is InChI=1S/C31H33Cl2F2NO7/c1-2-41-29(30(37)38)16-21-4-8-27(9-5-21)42-13-11-36(31(39)43-20-23-6-7-26(34)18-28(23)35)10-3-12-40-19-22-14-24(32)17-25(33)15-22/h4-9,14-15,17-18,29H,2-3,10-13,16,19-20H2,1H3,(H,37,38). The first kappa shape index (κ1) is 34.1. The maximum Gasteiger partial charge on any atom is 0.410 e. The first-order valence-electron chi connectivity index (χ1n) is 13.6. The van der Waals surface area contributed by atoms with Gasteiger partial charge in [0.1, 0.15) is 30.6 Å². The van der Waals surface area contributed by atoms with E-state index in [9.17, 15) is 23.5 Å². The Morgan fingerprint density at radius 3 is 2.28 bits per heavy atom. The number of carbonyl (C=O) groups is 2. The molecule has 1 atom stereocenters. The zero-order chi connectivity index (χ0) is 31.2. The van der Waals surface area contributed by atoms with Crippen molar-refractivity contribution in [2.24, 2.45) is 0 Å². The molecule has 0 bridgehead atoms. The number of amides is 1. The molecular weight excluding hydrogens is 607 g/mol. The van der Waals surface area contributed by atoms with Crippen LogP contribution in [0.4, 0.5) is 13.6 Å². The SMILES string of the molecule is CCOC(Cc1ccc(OCCN(CCCOCc2cc(Cl)cc(Cl)c2)C(=O)OCc2ccc(F)cc2F)cc1)C(=O)O. The zero-order valence-electron chi connectivity index (χ0n) is 23.6. The van der Waals surface area contributed by atoms with E-state index in [1.165, 1.54) is 11.0 Å². The second-order valence-corrected chi connectivity index (χ2v) is 10.3. The molecule has 3 aromatic rings. The largest absolute Gasteiger partial charge is 0.492 e. The van der Waals surface area contributed by atoms with E-state index in [4.69, 9.17) is 42.1 Å². The predicted molar refractivity (Wildman–Crippen MR) is 158 cm³/mol. The molecule has 1 amide bonds. The number of halogens is 4. The summed E-state index contributed by atoms with van der Waals surface area (Å²) in [6.07, 6.45) is -0.954. The summed E-state index contributed by atoms with van der Waals surface area (Å²) in [6, 6.07) is 15.1. The van der Waals surface area contributed by atoms with Crippen molar-refractivity contribution in [2.45, 2.75) is 39.1 Å². The lowest BCUT2D eigenvalue weighted by atomic mass is 10.1. The molecule has 232 valence electrons. The Hall–Kier alpha value is -3.44. The number of nitrogens with zero attached hydrogens (tertiary/aromatic N) is 1. The number of carboxylic acids is 1. The fraction of sp³-hybridized carbons (Fsp3) is 0.355. The van der Waals surface area contributed by atoms with Crippen LogP contribution in [0.1, 0.15) is 30.0 Å². The summed E-state index contributed by atoms with van der Waals surface area (Å²) in [5.74, 6) is -2.04. The molecule has 0 aliphatic carbocycles. The van der Waals surface area contributed by atoms with Crippen LogP contribution in [-0.2, 0) is 38.6 Å². The summed E-state index contributed by atoms with van der Waals surface area (Å²) < 4.78 is 49.3. The summed E-state index contributed by atoms with van der Waals surface area (Å²) in [5, 5.41) is 10.3. The van der Waals surface area contributed by atoms with Crippen molar-refractivity contribution in [3.05, 3.63) is 99.0 Å². The minimum Gasteiger partial charge on any atom is -0.492 e. The molecule has 0 saturated carbocycles. The predicted octanol–water partition coefficient (Wildman–Crippen LogP) is 6.93. The molecule has 1 unspecified atom stereocenters. The second kappa shape index (κ2) is 17.6. The third-order valence-corrected chi connectivity index (χ3v) is 6.59. The van der Waals surface area contributed by atoms with Crippen LogP contribution in [0.5, 0.6) is 5.75 Å². The van der Waals surface area contributed by atoms with Gasteiger partial charge in [-0.15, -0.1) is 0 Å². The number of rotatable bonds is 17. The van der Waals surface area contributed by atoms with Gasteiger partial charge in [0.2, 0.25) is 0 Å². The van der Waals surface area contributed by atoms with E-state index in [0.717, 1.165) is 23.3 Å². The van der Waals surface area contributed by atoms with Crippen molar-refractivity contribution in [3.8, 4) is 5.75 Å². The molecule has 0 aliphatic rings. The van der Waals surface area contributed by atoms with E-state index in [1.54, 1.807) is 49.4 Å². The molecule has 0 spiro atoms. The van der Waals surface area contributed by atoms with Crippen molar-refractivity contribution in [2.75, 3.05) is 32.9 Å². The first-order valence-corrected chi connectivity index (χ1v) is 14.3. The van der Waals surface area contributed by atoms with Gasteiger partial charge in [-0.25, -0.2) is 18.4 Å². The molecule has 3 rings (SSSR count). The molecule has 0 fully saturated rings. The van der Waals surface area contributed by atoms with Crippen molar-refractivity contribution in [1.82, 2.24) is 4.90 Å². The highest BCUT2D eigenvalue weighted by atomic mass is 35.5. The van der Waals surface area contributed by atoms with Gasteiger partial charge in [0.05, 0.1) is 13.2 Å². The van der Waals surface area contributed by atoms with E-state index in [-0.39, 0.29) is 44.9 Å². The number of hydrogen-bond acceptors (Lipinski definition) is 6. The van der Waals surface area contributed by atoms with Gasteiger partial charge < -0.3 is 29.0 Å². The average molecular weight is 641 g/mol. The van der Waals surface area contributed by atoms with E-state index in [1.807, 2.05) is 0 Å². The molecule has 0 aromatic heterocycles. The smallest absolute Gasteiger partial charge is 0.410 e. The van der Waals surface area contributed by atoms with Gasteiger partial charge in [0.25, 0.3) is 0 Å². The van der Waals surface area contributed by atoms with E-state index in [2.05, 4.69) is 0 Å². The lowest BCUT2D eigenvalue weighted by Gasteiger charge is -2.22.